The number of ether oxygens (including phenoxy) is 1. The molecule has 0 spiro atoms. The number of thiophene rings is 1. The highest BCUT2D eigenvalue weighted by molar-refractivity contribution is 7.10. The molecule has 5 heteroatoms. The predicted molar refractivity (Wildman–Crippen MR) is 110 cm³/mol. The largest absolute Gasteiger partial charge is 0.492 e. The number of para-hydroxylation sites is 1. The average Bonchev–Trinajstić information content (AvgIpc) is 3.22. The Kier molecular flexibility index (Phi) is 7.02. The summed E-state index contributed by atoms with van der Waals surface area (Å²) in [6.45, 7) is 1.55. The molecule has 0 unspecified atom stereocenters. The summed E-state index contributed by atoms with van der Waals surface area (Å²) in [6, 6.07) is 23.7. The van der Waals surface area contributed by atoms with Crippen LogP contribution < -0.4 is 10.1 Å². The number of benzene rings is 2. The number of nitrogens with zero attached hydrogens (tertiary/aromatic N) is 1. The molecule has 0 radical (unpaired) electrons. The lowest BCUT2D eigenvalue weighted by Gasteiger charge is -2.21. The minimum Gasteiger partial charge on any atom is -0.492 e. The second-order valence-electron chi connectivity index (χ2n) is 6.33. The second-order valence-corrected chi connectivity index (χ2v) is 7.31. The molecule has 2 aromatic carbocycles. The Morgan fingerprint density at radius 2 is 1.74 bits per heavy atom. The highest BCUT2D eigenvalue weighted by Gasteiger charge is 2.18. The van der Waals surface area contributed by atoms with Crippen molar-refractivity contribution < 1.29 is 9.53 Å². The SMILES string of the molecule is CN(CCOc1ccccc1)CC(=O)N[C@H](c1ccccc1)c1cccs1. The monoisotopic (exact) mass is 380 g/mol. The van der Waals surface area contributed by atoms with Gasteiger partial charge >= 0.3 is 0 Å². The summed E-state index contributed by atoms with van der Waals surface area (Å²) in [4.78, 5) is 15.7. The summed E-state index contributed by atoms with van der Waals surface area (Å²) >= 11 is 1.65. The van der Waals surface area contributed by atoms with Crippen LogP contribution in [0.5, 0.6) is 5.75 Å². The highest BCUT2D eigenvalue weighted by Crippen LogP contribution is 2.25. The number of amides is 1. The molecule has 0 bridgehead atoms. The molecule has 3 rings (SSSR count). The van der Waals surface area contributed by atoms with Gasteiger partial charge in [0, 0.05) is 11.4 Å². The standard InChI is InChI=1S/C22H24N2O2S/c1-24(14-15-26-19-11-6-3-7-12-19)17-21(25)23-22(20-13-8-16-27-20)18-9-4-2-5-10-18/h2-13,16,22H,14-15,17H2,1H3,(H,23,25)/t22-/m1/s1. The first kappa shape index (κ1) is 19.1. The van der Waals surface area contributed by atoms with Gasteiger partial charge in [0.1, 0.15) is 12.4 Å². The van der Waals surface area contributed by atoms with Crippen molar-refractivity contribution in [1.82, 2.24) is 10.2 Å². The van der Waals surface area contributed by atoms with Crippen molar-refractivity contribution in [3.63, 3.8) is 0 Å². The molecule has 0 aliphatic rings. The molecule has 1 atom stereocenters. The molecule has 1 amide bonds. The number of hydrogen-bond acceptors (Lipinski definition) is 4. The molecular formula is C22H24N2O2S. The average molecular weight is 381 g/mol. The third-order valence-electron chi connectivity index (χ3n) is 4.16. The van der Waals surface area contributed by atoms with E-state index in [1.165, 1.54) is 0 Å². The lowest BCUT2D eigenvalue weighted by atomic mass is 10.1. The fourth-order valence-electron chi connectivity index (χ4n) is 2.79. The van der Waals surface area contributed by atoms with Crippen molar-refractivity contribution in [3.05, 3.63) is 88.6 Å². The van der Waals surface area contributed by atoms with E-state index in [1.54, 1.807) is 11.3 Å². The van der Waals surface area contributed by atoms with Crippen LogP contribution in [0.3, 0.4) is 0 Å². The Morgan fingerprint density at radius 3 is 2.41 bits per heavy atom. The zero-order valence-corrected chi connectivity index (χ0v) is 16.2. The van der Waals surface area contributed by atoms with Crippen LogP contribution in [-0.4, -0.2) is 37.6 Å². The van der Waals surface area contributed by atoms with Crippen LogP contribution >= 0.6 is 11.3 Å². The number of hydrogen-bond donors (Lipinski definition) is 1. The van der Waals surface area contributed by atoms with Gasteiger partial charge in [-0.15, -0.1) is 11.3 Å². The Morgan fingerprint density at radius 1 is 1.04 bits per heavy atom. The van der Waals surface area contributed by atoms with Gasteiger partial charge in [0.2, 0.25) is 5.91 Å². The van der Waals surface area contributed by atoms with Crippen LogP contribution in [-0.2, 0) is 4.79 Å². The van der Waals surface area contributed by atoms with E-state index in [0.29, 0.717) is 19.7 Å². The van der Waals surface area contributed by atoms with E-state index >= 15 is 0 Å². The first-order valence-corrected chi connectivity index (χ1v) is 9.84. The maximum absolute atomic E-state index is 12.6. The molecule has 3 aromatic rings. The van der Waals surface area contributed by atoms with Crippen molar-refractivity contribution in [2.45, 2.75) is 6.04 Å². The normalized spacial score (nSPS) is 11.9. The molecule has 0 saturated carbocycles. The lowest BCUT2D eigenvalue weighted by molar-refractivity contribution is -0.122. The molecule has 1 N–H and O–H groups in total. The summed E-state index contributed by atoms with van der Waals surface area (Å²) in [6.07, 6.45) is 0. The smallest absolute Gasteiger partial charge is 0.234 e. The van der Waals surface area contributed by atoms with Gasteiger partial charge in [0.05, 0.1) is 12.6 Å². The molecular weight excluding hydrogens is 356 g/mol. The molecule has 0 saturated heterocycles. The van der Waals surface area contributed by atoms with E-state index in [1.807, 2.05) is 84.1 Å². The fourth-order valence-corrected chi connectivity index (χ4v) is 3.59. The van der Waals surface area contributed by atoms with Gasteiger partial charge in [0.25, 0.3) is 0 Å². The van der Waals surface area contributed by atoms with Gasteiger partial charge in [-0.1, -0.05) is 54.6 Å². The van der Waals surface area contributed by atoms with Crippen molar-refractivity contribution in [2.24, 2.45) is 0 Å². The van der Waals surface area contributed by atoms with Gasteiger partial charge in [-0.2, -0.15) is 0 Å². The van der Waals surface area contributed by atoms with Crippen LogP contribution in [0.25, 0.3) is 0 Å². The zero-order valence-electron chi connectivity index (χ0n) is 15.4. The van der Waals surface area contributed by atoms with Crippen LogP contribution in [0.1, 0.15) is 16.5 Å². The van der Waals surface area contributed by atoms with E-state index in [-0.39, 0.29) is 11.9 Å². The van der Waals surface area contributed by atoms with Gasteiger partial charge in [-0.25, -0.2) is 0 Å². The number of carbonyl (C=O) groups is 1. The fraction of sp³-hybridized carbons (Fsp3) is 0.227. The second kappa shape index (κ2) is 9.90. The first-order valence-electron chi connectivity index (χ1n) is 8.96. The third kappa shape index (κ3) is 5.94. The first-order chi connectivity index (χ1) is 13.2. The maximum Gasteiger partial charge on any atom is 0.234 e. The molecule has 0 fully saturated rings. The van der Waals surface area contributed by atoms with Crippen molar-refractivity contribution in [2.75, 3.05) is 26.7 Å². The molecule has 0 aliphatic carbocycles. The minimum atomic E-state index is -0.118. The zero-order chi connectivity index (χ0) is 18.9. The molecule has 140 valence electrons. The summed E-state index contributed by atoms with van der Waals surface area (Å²) < 4.78 is 5.70. The van der Waals surface area contributed by atoms with E-state index in [0.717, 1.165) is 16.2 Å². The Balaban J connectivity index is 1.51. The van der Waals surface area contributed by atoms with Crippen LogP contribution in [0.4, 0.5) is 0 Å². The van der Waals surface area contributed by atoms with Gasteiger partial charge in [-0.3, -0.25) is 9.69 Å². The predicted octanol–water partition coefficient (Wildman–Crippen LogP) is 3.96. The van der Waals surface area contributed by atoms with Gasteiger partial charge in [-0.05, 0) is 36.2 Å². The Hall–Kier alpha value is -2.63. The maximum atomic E-state index is 12.6. The Bertz CT molecular complexity index is 807. The topological polar surface area (TPSA) is 41.6 Å². The van der Waals surface area contributed by atoms with Crippen molar-refractivity contribution >= 4 is 17.2 Å². The Labute approximate surface area is 164 Å². The van der Waals surface area contributed by atoms with Crippen LogP contribution in [0, 0.1) is 0 Å². The lowest BCUT2D eigenvalue weighted by Crippen LogP contribution is -2.38. The summed E-state index contributed by atoms with van der Waals surface area (Å²) in [7, 11) is 1.93. The third-order valence-corrected chi connectivity index (χ3v) is 5.10. The minimum absolute atomic E-state index is 0.000496. The van der Waals surface area contributed by atoms with E-state index in [4.69, 9.17) is 4.74 Å². The van der Waals surface area contributed by atoms with Crippen molar-refractivity contribution in [3.8, 4) is 5.75 Å². The highest BCUT2D eigenvalue weighted by atomic mass is 32.1. The molecule has 1 aromatic heterocycles. The number of carbonyl (C=O) groups excluding carboxylic acids is 1. The van der Waals surface area contributed by atoms with Gasteiger partial charge < -0.3 is 10.1 Å². The quantitative estimate of drug-likeness (QED) is 0.611. The molecule has 4 nitrogen and oxygen atoms in total. The van der Waals surface area contributed by atoms with Crippen LogP contribution in [0.15, 0.2) is 78.2 Å². The van der Waals surface area contributed by atoms with Crippen molar-refractivity contribution in [1.29, 1.82) is 0 Å². The summed E-state index contributed by atoms with van der Waals surface area (Å²) in [5, 5.41) is 5.20. The molecule has 27 heavy (non-hydrogen) atoms. The van der Waals surface area contributed by atoms with E-state index in [9.17, 15) is 4.79 Å². The number of rotatable bonds is 9. The van der Waals surface area contributed by atoms with Crippen LogP contribution in [0.2, 0.25) is 0 Å². The summed E-state index contributed by atoms with van der Waals surface area (Å²) in [5.41, 5.74) is 1.09. The number of likely N-dealkylation sites (N-methyl/N-ethyl adjacent to an activating group) is 1. The molecule has 0 aliphatic heterocycles. The number of nitrogens with one attached hydrogen (secondary N) is 1. The van der Waals surface area contributed by atoms with E-state index < -0.39 is 0 Å². The molecule has 1 heterocycles. The van der Waals surface area contributed by atoms with E-state index in [2.05, 4.69) is 11.4 Å². The van der Waals surface area contributed by atoms with Gasteiger partial charge in [0.15, 0.2) is 0 Å². The summed E-state index contributed by atoms with van der Waals surface area (Å²) in [5.74, 6) is 0.844.